The molecule has 52 valence electrons. The van der Waals surface area contributed by atoms with Crippen LogP contribution in [0.4, 0.5) is 0 Å². The van der Waals surface area contributed by atoms with Gasteiger partial charge in [0.05, 0.1) is 0 Å². The molecule has 0 saturated heterocycles. The van der Waals surface area contributed by atoms with Gasteiger partial charge in [-0.25, -0.2) is 0 Å². The third-order valence-electron chi connectivity index (χ3n) is 0.494. The Hall–Kier alpha value is 0.570. The monoisotopic (exact) mass is 206 g/mol. The predicted octanol–water partition coefficient (Wildman–Crippen LogP) is 2.68. The van der Waals surface area contributed by atoms with E-state index in [9.17, 15) is 4.79 Å². The van der Waals surface area contributed by atoms with E-state index in [4.69, 9.17) is 46.4 Å². The maximum atomic E-state index is 10.5. The first-order chi connectivity index (χ1) is 3.98. The van der Waals surface area contributed by atoms with E-state index in [-0.39, 0.29) is 0 Å². The van der Waals surface area contributed by atoms with Gasteiger partial charge in [0.15, 0.2) is 0 Å². The second kappa shape index (κ2) is 3.67. The summed E-state index contributed by atoms with van der Waals surface area (Å²) in [4.78, 5) is 10.5. The Balaban J connectivity index is 4.06. The summed E-state index contributed by atoms with van der Waals surface area (Å²) in [6.45, 7) is 0. The Labute approximate surface area is 72.5 Å². The van der Waals surface area contributed by atoms with E-state index < -0.39 is 9.58 Å². The molecule has 0 aromatic carbocycles. The van der Waals surface area contributed by atoms with Crippen molar-refractivity contribution >= 4 is 52.2 Å². The summed E-state index contributed by atoms with van der Waals surface area (Å²) in [7, 11) is 0. The van der Waals surface area contributed by atoms with Crippen molar-refractivity contribution in [1.29, 1.82) is 0 Å². The molecule has 0 aliphatic carbocycles. The first-order valence-electron chi connectivity index (χ1n) is 1.86. The fourth-order valence-electron chi connectivity index (χ4n) is 0.152. The van der Waals surface area contributed by atoms with Crippen LogP contribution in [0.3, 0.4) is 0 Å². The Kier molecular flexibility index (Phi) is 3.90. The van der Waals surface area contributed by atoms with Crippen molar-refractivity contribution in [3.63, 3.8) is 0 Å². The Morgan fingerprint density at radius 3 is 1.89 bits per heavy atom. The van der Waals surface area contributed by atoms with Gasteiger partial charge in [-0.15, -0.1) is 0 Å². The first-order valence-corrected chi connectivity index (χ1v) is 3.43. The summed E-state index contributed by atoms with van der Waals surface area (Å²) in [5.41, 5.74) is 0.990. The molecule has 0 unspecified atom stereocenters. The van der Waals surface area contributed by atoms with Crippen molar-refractivity contribution in [1.82, 2.24) is 0 Å². The summed E-state index contributed by atoms with van der Waals surface area (Å²) < 4.78 is -1.88. The Bertz CT molecular complexity index is 134. The largest absolute Gasteiger partial charge is 0.290 e. The zero-order chi connectivity index (χ0) is 7.49. The van der Waals surface area contributed by atoms with Gasteiger partial charge >= 0.3 is 0 Å². The van der Waals surface area contributed by atoms with Crippen LogP contribution in [-0.2, 0) is 4.79 Å². The van der Waals surface area contributed by atoms with Gasteiger partial charge in [0.1, 0.15) is 0 Å². The van der Waals surface area contributed by atoms with Crippen LogP contribution in [0, 0.1) is 0 Å². The van der Waals surface area contributed by atoms with Gasteiger partial charge in [0.25, 0.3) is 3.79 Å². The number of ketones is 1. The quantitative estimate of drug-likeness (QED) is 0.478. The van der Waals surface area contributed by atoms with Crippen LogP contribution in [0.25, 0.3) is 0 Å². The number of hydrogen-bond donors (Lipinski definition) is 0. The molecule has 0 aliphatic heterocycles. The lowest BCUT2D eigenvalue weighted by Gasteiger charge is -2.02. The second-order valence-electron chi connectivity index (χ2n) is 1.15. The lowest BCUT2D eigenvalue weighted by molar-refractivity contribution is -0.113. The normalized spacial score (nSPS) is 12.4. The van der Waals surface area contributed by atoms with Crippen LogP contribution in [0.5, 0.6) is 0 Å². The van der Waals surface area contributed by atoms with Gasteiger partial charge in [-0.2, -0.15) is 0 Å². The molecule has 0 N–H and O–H groups in total. The zero-order valence-corrected chi connectivity index (χ0v) is 7.10. The molecule has 1 nitrogen and oxygen atoms in total. The van der Waals surface area contributed by atoms with Crippen molar-refractivity contribution in [2.45, 2.75) is 3.79 Å². The van der Waals surface area contributed by atoms with Gasteiger partial charge in [-0.1, -0.05) is 46.4 Å². The van der Waals surface area contributed by atoms with Crippen LogP contribution in [0.1, 0.15) is 0 Å². The number of hydrogen-bond acceptors (Lipinski definition) is 1. The predicted molar refractivity (Wildman–Crippen MR) is 40.3 cm³/mol. The third-order valence-corrected chi connectivity index (χ3v) is 1.18. The molecule has 0 heterocycles. The smallest absolute Gasteiger partial charge is 0.252 e. The van der Waals surface area contributed by atoms with Crippen molar-refractivity contribution in [2.75, 3.05) is 0 Å². The minimum atomic E-state index is -1.88. The SMILES string of the molecule is O=C(C=CCl)C(Cl)(Cl)Cl. The van der Waals surface area contributed by atoms with Crippen molar-refractivity contribution < 1.29 is 4.79 Å². The van der Waals surface area contributed by atoms with Crippen molar-refractivity contribution in [3.8, 4) is 0 Å². The number of halogens is 4. The van der Waals surface area contributed by atoms with Crippen LogP contribution >= 0.6 is 46.4 Å². The molecule has 5 heteroatoms. The molecule has 0 rings (SSSR count). The minimum absolute atomic E-state index is 0.650. The molecule has 0 aromatic heterocycles. The molecule has 0 spiro atoms. The summed E-state index contributed by atoms with van der Waals surface area (Å²) >= 11 is 20.4. The minimum Gasteiger partial charge on any atom is -0.290 e. The fraction of sp³-hybridized carbons (Fsp3) is 0.250. The number of rotatable bonds is 1. The van der Waals surface area contributed by atoms with Crippen LogP contribution in [-0.4, -0.2) is 9.58 Å². The molecule has 0 radical (unpaired) electrons. The Morgan fingerprint density at radius 2 is 1.78 bits per heavy atom. The van der Waals surface area contributed by atoms with E-state index in [0.717, 1.165) is 11.6 Å². The molecular weight excluding hydrogens is 206 g/mol. The van der Waals surface area contributed by atoms with Gasteiger partial charge in [-0.3, -0.25) is 4.79 Å². The van der Waals surface area contributed by atoms with Crippen LogP contribution < -0.4 is 0 Å². The Morgan fingerprint density at radius 1 is 1.33 bits per heavy atom. The number of alkyl halides is 3. The standard InChI is InChI=1S/C4H2Cl4O/c5-2-1-3(9)4(6,7)8/h1-2H. The highest BCUT2D eigenvalue weighted by Crippen LogP contribution is 2.27. The summed E-state index contributed by atoms with van der Waals surface area (Å²) in [5, 5.41) is 0. The molecule has 9 heavy (non-hydrogen) atoms. The van der Waals surface area contributed by atoms with E-state index in [1.54, 1.807) is 0 Å². The molecule has 0 saturated carbocycles. The average Bonchev–Trinajstić information content (AvgIpc) is 1.64. The highest BCUT2D eigenvalue weighted by molar-refractivity contribution is 6.77. The topological polar surface area (TPSA) is 17.1 Å². The summed E-state index contributed by atoms with van der Waals surface area (Å²) in [6.07, 6.45) is 0.981. The number of allylic oxidation sites excluding steroid dienone is 1. The van der Waals surface area contributed by atoms with E-state index in [2.05, 4.69) is 0 Å². The molecule has 0 aromatic rings. The molecule has 0 atom stereocenters. The van der Waals surface area contributed by atoms with Crippen molar-refractivity contribution in [3.05, 3.63) is 11.6 Å². The molecule has 0 fully saturated rings. The zero-order valence-electron chi connectivity index (χ0n) is 4.07. The van der Waals surface area contributed by atoms with Crippen LogP contribution in [0.2, 0.25) is 0 Å². The maximum absolute atomic E-state index is 10.5. The highest BCUT2D eigenvalue weighted by atomic mass is 35.6. The summed E-state index contributed by atoms with van der Waals surface area (Å²) in [6, 6.07) is 0. The summed E-state index contributed by atoms with van der Waals surface area (Å²) in [5.74, 6) is -0.650. The van der Waals surface area contributed by atoms with E-state index in [1.165, 1.54) is 0 Å². The average molecular weight is 208 g/mol. The molecular formula is C4H2Cl4O. The van der Waals surface area contributed by atoms with Gasteiger partial charge in [0.2, 0.25) is 5.78 Å². The first kappa shape index (κ1) is 9.57. The van der Waals surface area contributed by atoms with Gasteiger partial charge in [-0.05, 0) is 6.08 Å². The van der Waals surface area contributed by atoms with E-state index in [1.807, 2.05) is 0 Å². The fourth-order valence-corrected chi connectivity index (χ4v) is 0.455. The molecule has 0 amide bonds. The van der Waals surface area contributed by atoms with Gasteiger partial charge < -0.3 is 0 Å². The van der Waals surface area contributed by atoms with Crippen LogP contribution in [0.15, 0.2) is 11.6 Å². The maximum Gasteiger partial charge on any atom is 0.252 e. The lowest BCUT2D eigenvalue weighted by Crippen LogP contribution is -2.15. The second-order valence-corrected chi connectivity index (χ2v) is 3.69. The molecule has 0 bridgehead atoms. The third kappa shape index (κ3) is 4.04. The van der Waals surface area contributed by atoms with E-state index in [0.29, 0.717) is 0 Å². The highest BCUT2D eigenvalue weighted by Gasteiger charge is 2.27. The van der Waals surface area contributed by atoms with Gasteiger partial charge in [0, 0.05) is 5.54 Å². The van der Waals surface area contributed by atoms with E-state index >= 15 is 0 Å². The molecule has 0 aliphatic rings. The number of carbonyl (C=O) groups is 1. The lowest BCUT2D eigenvalue weighted by atomic mass is 10.4. The van der Waals surface area contributed by atoms with Crippen molar-refractivity contribution in [2.24, 2.45) is 0 Å². The number of carbonyl (C=O) groups excluding carboxylic acids is 1.